The Kier molecular flexibility index (Phi) is 72.1. The topological polar surface area (TPSA) is 116 Å². The molecule has 0 aromatic heterocycles. The third-order valence-electron chi connectivity index (χ3n) is 16.6. The highest BCUT2D eigenvalue weighted by molar-refractivity contribution is 5.71. The average molecular weight is 1150 g/mol. The molecule has 0 fully saturated rings. The zero-order valence-electron chi connectivity index (χ0n) is 55.1. The molecule has 0 atom stereocenters. The predicted molar refractivity (Wildman–Crippen MR) is 348 cm³/mol. The molecule has 0 aliphatic rings. The Morgan fingerprint density at radius 1 is 0.235 bits per heavy atom. The third kappa shape index (κ3) is 73.9. The summed E-state index contributed by atoms with van der Waals surface area (Å²) in [5, 5.41) is 8.49. The van der Waals surface area contributed by atoms with Gasteiger partial charge in [-0.15, -0.1) is 0 Å². The fourth-order valence-electron chi connectivity index (χ4n) is 11.1. The number of esters is 3. The Hall–Kier alpha value is -2.12. The van der Waals surface area contributed by atoms with Gasteiger partial charge in [0.1, 0.15) is 13.2 Å². The fraction of sp³-hybridized carbons (Fsp3) is 0.945. The molecule has 0 aromatic carbocycles. The number of ether oxygens (including phenoxy) is 3. The Morgan fingerprint density at radius 3 is 0.580 bits per heavy atom. The molecule has 482 valence electrons. The number of aliphatic carboxylic acids is 1. The highest BCUT2D eigenvalue weighted by Crippen LogP contribution is 2.19. The van der Waals surface area contributed by atoms with E-state index >= 15 is 0 Å². The van der Waals surface area contributed by atoms with Crippen LogP contribution in [-0.4, -0.2) is 48.3 Å². The van der Waals surface area contributed by atoms with Crippen molar-refractivity contribution in [1.29, 1.82) is 0 Å². The van der Waals surface area contributed by atoms with Crippen molar-refractivity contribution in [3.05, 3.63) is 0 Å². The van der Waals surface area contributed by atoms with Crippen LogP contribution < -0.4 is 0 Å². The van der Waals surface area contributed by atoms with Gasteiger partial charge in [0.15, 0.2) is 6.10 Å². The molecule has 8 heteroatoms. The SMILES string of the molecule is CCCCCCCCCCCCCCCC(=O)O.CCCCCCCCCCCCCCCCCC(=O)OCC(COC(=O)CCCCCCCCCCCCCCCCC)OC(=O)CCCCCCCCCCCCCCCCC. The third-order valence-corrected chi connectivity index (χ3v) is 16.6. The van der Waals surface area contributed by atoms with Gasteiger partial charge in [-0.25, -0.2) is 0 Å². The normalized spacial score (nSPS) is 11.3. The zero-order valence-corrected chi connectivity index (χ0v) is 55.1. The van der Waals surface area contributed by atoms with E-state index in [2.05, 4.69) is 27.7 Å². The van der Waals surface area contributed by atoms with Crippen molar-refractivity contribution >= 4 is 23.9 Å². The van der Waals surface area contributed by atoms with Gasteiger partial charge in [-0.2, -0.15) is 0 Å². The summed E-state index contributed by atoms with van der Waals surface area (Å²) in [6, 6.07) is 0. The van der Waals surface area contributed by atoms with Gasteiger partial charge in [-0.1, -0.05) is 374 Å². The van der Waals surface area contributed by atoms with Gasteiger partial charge in [0.2, 0.25) is 0 Å². The lowest BCUT2D eigenvalue weighted by molar-refractivity contribution is -0.167. The lowest BCUT2D eigenvalue weighted by Crippen LogP contribution is -2.30. The summed E-state index contributed by atoms with van der Waals surface area (Å²) < 4.78 is 16.9. The molecule has 1 N–H and O–H groups in total. The van der Waals surface area contributed by atoms with Crippen molar-refractivity contribution in [3.8, 4) is 0 Å². The lowest BCUT2D eigenvalue weighted by Gasteiger charge is -2.18. The summed E-state index contributed by atoms with van der Waals surface area (Å²) in [5.41, 5.74) is 0. The lowest BCUT2D eigenvalue weighted by atomic mass is 10.0. The molecule has 0 spiro atoms. The predicted octanol–water partition coefficient (Wildman–Crippen LogP) is 24.3. The number of hydrogen-bond acceptors (Lipinski definition) is 7. The van der Waals surface area contributed by atoms with Gasteiger partial charge in [-0.05, 0) is 25.7 Å². The molecule has 0 saturated heterocycles. The zero-order chi connectivity index (χ0) is 59.3. The summed E-state index contributed by atoms with van der Waals surface area (Å²) >= 11 is 0. The first-order chi connectivity index (χ1) is 39.8. The Morgan fingerprint density at radius 2 is 0.395 bits per heavy atom. The molecule has 0 amide bonds. The standard InChI is InChI=1S/C57H110O6.C16H32O2/c1-4-7-10-13-16-19-22-25-28-31-34-37-40-43-46-49-55(58)61-52-54(63-57(60)51-48-45-42-39-36-33-30-27-24-21-18-15-12-9-6-3)53-62-56(59)50-47-44-41-38-35-32-29-26-23-20-17-14-11-8-5-2;1-2-3-4-5-6-7-8-9-10-11-12-13-14-15-16(17)18/h54H,4-53H2,1-3H3;2-15H2,1H3,(H,17,18). The van der Waals surface area contributed by atoms with Crippen LogP contribution in [0.5, 0.6) is 0 Å². The van der Waals surface area contributed by atoms with Crippen molar-refractivity contribution in [3.63, 3.8) is 0 Å². The van der Waals surface area contributed by atoms with Gasteiger partial charge in [-0.3, -0.25) is 19.2 Å². The first-order valence-electron chi connectivity index (χ1n) is 36.5. The molecule has 0 bridgehead atoms. The van der Waals surface area contributed by atoms with Crippen molar-refractivity contribution in [1.82, 2.24) is 0 Å². The number of rotatable bonds is 67. The summed E-state index contributed by atoms with van der Waals surface area (Å²) in [5.74, 6) is -1.49. The van der Waals surface area contributed by atoms with E-state index in [4.69, 9.17) is 19.3 Å². The Bertz CT molecular complexity index is 1200. The van der Waals surface area contributed by atoms with E-state index < -0.39 is 12.1 Å². The van der Waals surface area contributed by atoms with Crippen LogP contribution in [0.1, 0.15) is 426 Å². The van der Waals surface area contributed by atoms with Gasteiger partial charge >= 0.3 is 23.9 Å². The monoisotopic (exact) mass is 1150 g/mol. The van der Waals surface area contributed by atoms with E-state index in [1.165, 1.54) is 302 Å². The number of carboxylic acids is 1. The molecule has 0 aliphatic heterocycles. The van der Waals surface area contributed by atoms with Gasteiger partial charge < -0.3 is 19.3 Å². The van der Waals surface area contributed by atoms with E-state index in [1.54, 1.807) is 0 Å². The number of carboxylic acid groups (broad SMARTS) is 1. The van der Waals surface area contributed by atoms with Crippen LogP contribution in [0.4, 0.5) is 0 Å². The van der Waals surface area contributed by atoms with Crippen LogP contribution in [0.15, 0.2) is 0 Å². The molecule has 0 rings (SSSR count). The number of unbranched alkanes of at least 4 members (excludes halogenated alkanes) is 54. The molecule has 0 aliphatic carbocycles. The van der Waals surface area contributed by atoms with E-state index in [9.17, 15) is 19.2 Å². The van der Waals surface area contributed by atoms with Crippen molar-refractivity contribution in [2.75, 3.05) is 13.2 Å². The van der Waals surface area contributed by atoms with Crippen LogP contribution in [-0.2, 0) is 33.4 Å². The molecule has 0 saturated carbocycles. The Labute approximate surface area is 505 Å². The molecule has 0 aromatic rings. The summed E-state index contributed by atoms with van der Waals surface area (Å²) in [4.78, 5) is 48.4. The summed E-state index contributed by atoms with van der Waals surface area (Å²) in [7, 11) is 0. The second kappa shape index (κ2) is 72.1. The first kappa shape index (κ1) is 80.9. The molecular formula is C73H142O8. The Balaban J connectivity index is 0. The molecule has 81 heavy (non-hydrogen) atoms. The van der Waals surface area contributed by atoms with E-state index in [0.29, 0.717) is 25.7 Å². The number of carbonyl (C=O) groups is 4. The van der Waals surface area contributed by atoms with Crippen molar-refractivity contribution < 1.29 is 38.5 Å². The summed E-state index contributed by atoms with van der Waals surface area (Å²) in [6.45, 7) is 8.97. The van der Waals surface area contributed by atoms with Crippen LogP contribution in [0.3, 0.4) is 0 Å². The smallest absolute Gasteiger partial charge is 0.306 e. The minimum Gasteiger partial charge on any atom is -0.481 e. The van der Waals surface area contributed by atoms with Gasteiger partial charge in [0, 0.05) is 25.7 Å². The van der Waals surface area contributed by atoms with Crippen LogP contribution in [0.2, 0.25) is 0 Å². The number of hydrogen-bond donors (Lipinski definition) is 1. The van der Waals surface area contributed by atoms with Gasteiger partial charge in [0.05, 0.1) is 0 Å². The maximum Gasteiger partial charge on any atom is 0.306 e. The summed E-state index contributed by atoms with van der Waals surface area (Å²) in [6.07, 6.45) is 75.3. The quantitative estimate of drug-likeness (QED) is 0.0364. The van der Waals surface area contributed by atoms with Crippen LogP contribution in [0.25, 0.3) is 0 Å². The van der Waals surface area contributed by atoms with Gasteiger partial charge in [0.25, 0.3) is 0 Å². The van der Waals surface area contributed by atoms with Crippen molar-refractivity contribution in [2.45, 2.75) is 432 Å². The molecule has 8 nitrogen and oxygen atoms in total. The largest absolute Gasteiger partial charge is 0.481 e. The van der Waals surface area contributed by atoms with E-state index in [-0.39, 0.29) is 31.1 Å². The fourth-order valence-corrected chi connectivity index (χ4v) is 11.1. The van der Waals surface area contributed by atoms with Crippen LogP contribution >= 0.6 is 0 Å². The second-order valence-corrected chi connectivity index (χ2v) is 25.0. The number of carbonyl (C=O) groups excluding carboxylic acids is 3. The van der Waals surface area contributed by atoms with Crippen LogP contribution in [0, 0.1) is 0 Å². The minimum absolute atomic E-state index is 0.0611. The molecule has 0 radical (unpaired) electrons. The maximum atomic E-state index is 12.8. The first-order valence-corrected chi connectivity index (χ1v) is 36.5. The highest BCUT2D eigenvalue weighted by atomic mass is 16.6. The highest BCUT2D eigenvalue weighted by Gasteiger charge is 2.20. The second-order valence-electron chi connectivity index (χ2n) is 25.0. The molecular weight excluding hydrogens is 1000 g/mol. The van der Waals surface area contributed by atoms with Crippen molar-refractivity contribution in [2.24, 2.45) is 0 Å². The van der Waals surface area contributed by atoms with E-state index in [0.717, 1.165) is 70.6 Å². The molecule has 0 unspecified atom stereocenters. The minimum atomic E-state index is -0.760. The average Bonchev–Trinajstić information content (AvgIpc) is 3.46. The van der Waals surface area contributed by atoms with E-state index in [1.807, 2.05) is 0 Å². The maximum absolute atomic E-state index is 12.8. The molecule has 0 heterocycles.